The second-order valence-electron chi connectivity index (χ2n) is 5.65. The van der Waals surface area contributed by atoms with Crippen molar-refractivity contribution < 1.29 is 28.9 Å². The standard InChI is InChI=1S/C17H19NO6/c19-16(18(10-17(20)21)13-5-7-22-8-6-13)4-2-12-1-3-14-15(9-12)24-11-23-14/h1-4,9,13H,5-8,10-11H2,(H,20,21). The van der Waals surface area contributed by atoms with Gasteiger partial charge in [0.05, 0.1) is 0 Å². The summed E-state index contributed by atoms with van der Waals surface area (Å²) in [6, 6.07) is 5.26. The van der Waals surface area contributed by atoms with Crippen molar-refractivity contribution in [2.24, 2.45) is 0 Å². The number of fused-ring (bicyclic) bond motifs is 1. The van der Waals surface area contributed by atoms with E-state index < -0.39 is 5.97 Å². The van der Waals surface area contributed by atoms with E-state index in [9.17, 15) is 9.59 Å². The third-order valence-corrected chi connectivity index (χ3v) is 4.04. The van der Waals surface area contributed by atoms with Crippen molar-refractivity contribution in [3.8, 4) is 11.5 Å². The van der Waals surface area contributed by atoms with Crippen LogP contribution in [0.15, 0.2) is 24.3 Å². The van der Waals surface area contributed by atoms with Crippen LogP contribution in [0.5, 0.6) is 11.5 Å². The zero-order valence-electron chi connectivity index (χ0n) is 13.1. The Morgan fingerprint density at radius 1 is 1.21 bits per heavy atom. The predicted octanol–water partition coefficient (Wildman–Crippen LogP) is 1.52. The van der Waals surface area contributed by atoms with Crippen LogP contribution in [-0.4, -0.2) is 54.5 Å². The highest BCUT2D eigenvalue weighted by atomic mass is 16.7. The number of benzene rings is 1. The Hall–Kier alpha value is -2.54. The minimum absolute atomic E-state index is 0.108. The Balaban J connectivity index is 1.70. The molecule has 1 saturated heterocycles. The second kappa shape index (κ2) is 7.35. The van der Waals surface area contributed by atoms with Gasteiger partial charge in [0.15, 0.2) is 11.5 Å². The van der Waals surface area contributed by atoms with Crippen molar-refractivity contribution in [2.45, 2.75) is 18.9 Å². The lowest BCUT2D eigenvalue weighted by Crippen LogP contribution is -2.45. The number of carbonyl (C=O) groups is 2. The number of amides is 1. The van der Waals surface area contributed by atoms with Gasteiger partial charge in [-0.05, 0) is 36.6 Å². The lowest BCUT2D eigenvalue weighted by Gasteiger charge is -2.32. The van der Waals surface area contributed by atoms with Gasteiger partial charge >= 0.3 is 5.97 Å². The largest absolute Gasteiger partial charge is 0.480 e. The molecule has 0 bridgehead atoms. The highest BCUT2D eigenvalue weighted by molar-refractivity contribution is 5.93. The molecule has 1 fully saturated rings. The van der Waals surface area contributed by atoms with Crippen molar-refractivity contribution in [1.82, 2.24) is 4.90 Å². The topological polar surface area (TPSA) is 85.3 Å². The van der Waals surface area contributed by atoms with Gasteiger partial charge in [0.25, 0.3) is 0 Å². The first-order chi connectivity index (χ1) is 11.6. The number of aliphatic carboxylic acids is 1. The van der Waals surface area contributed by atoms with Crippen molar-refractivity contribution in [2.75, 3.05) is 26.6 Å². The number of rotatable bonds is 5. The van der Waals surface area contributed by atoms with Crippen molar-refractivity contribution >= 4 is 18.0 Å². The molecule has 0 aliphatic carbocycles. The molecule has 2 heterocycles. The van der Waals surface area contributed by atoms with Crippen LogP contribution in [0.25, 0.3) is 6.08 Å². The lowest BCUT2D eigenvalue weighted by molar-refractivity contribution is -0.145. The van der Waals surface area contributed by atoms with Gasteiger partial charge in [0.1, 0.15) is 6.54 Å². The molecule has 7 nitrogen and oxygen atoms in total. The van der Waals surface area contributed by atoms with E-state index in [0.717, 1.165) is 5.56 Å². The molecular weight excluding hydrogens is 314 g/mol. The molecule has 0 saturated carbocycles. The molecule has 0 unspecified atom stereocenters. The number of carboxylic acids is 1. The zero-order chi connectivity index (χ0) is 16.9. The van der Waals surface area contributed by atoms with Crippen LogP contribution < -0.4 is 9.47 Å². The molecule has 0 radical (unpaired) electrons. The summed E-state index contributed by atoms with van der Waals surface area (Å²) < 4.78 is 15.8. The number of carbonyl (C=O) groups excluding carboxylic acids is 1. The van der Waals surface area contributed by atoms with Gasteiger partial charge in [-0.15, -0.1) is 0 Å². The van der Waals surface area contributed by atoms with E-state index in [0.29, 0.717) is 37.6 Å². The Kier molecular flexibility index (Phi) is 5.00. The van der Waals surface area contributed by atoms with E-state index in [1.54, 1.807) is 18.2 Å². The Morgan fingerprint density at radius 3 is 2.71 bits per heavy atom. The molecule has 24 heavy (non-hydrogen) atoms. The summed E-state index contributed by atoms with van der Waals surface area (Å²) in [6.45, 7) is 0.965. The fraction of sp³-hybridized carbons (Fsp3) is 0.412. The van der Waals surface area contributed by atoms with Gasteiger partial charge in [-0.3, -0.25) is 9.59 Å². The fourth-order valence-corrected chi connectivity index (χ4v) is 2.81. The van der Waals surface area contributed by atoms with Crippen molar-refractivity contribution in [1.29, 1.82) is 0 Å². The Bertz CT molecular complexity index is 650. The molecule has 7 heteroatoms. The van der Waals surface area contributed by atoms with Crippen LogP contribution in [-0.2, 0) is 14.3 Å². The maximum absolute atomic E-state index is 12.5. The van der Waals surface area contributed by atoms with Crippen LogP contribution >= 0.6 is 0 Å². The first-order valence-electron chi connectivity index (χ1n) is 7.81. The van der Waals surface area contributed by atoms with Gasteiger partial charge in [-0.25, -0.2) is 0 Å². The monoisotopic (exact) mass is 333 g/mol. The summed E-state index contributed by atoms with van der Waals surface area (Å²) in [4.78, 5) is 24.9. The summed E-state index contributed by atoms with van der Waals surface area (Å²) in [5.74, 6) is -0.0297. The van der Waals surface area contributed by atoms with E-state index in [2.05, 4.69) is 0 Å². The van der Waals surface area contributed by atoms with Crippen molar-refractivity contribution in [3.05, 3.63) is 29.8 Å². The molecule has 0 spiro atoms. The highest BCUT2D eigenvalue weighted by Gasteiger charge is 2.26. The summed E-state index contributed by atoms with van der Waals surface area (Å²) >= 11 is 0. The number of nitrogens with zero attached hydrogens (tertiary/aromatic N) is 1. The van der Waals surface area contributed by atoms with Crippen LogP contribution in [0.1, 0.15) is 18.4 Å². The first kappa shape index (κ1) is 16.3. The lowest BCUT2D eigenvalue weighted by atomic mass is 10.1. The second-order valence-corrected chi connectivity index (χ2v) is 5.65. The molecule has 1 aromatic carbocycles. The molecule has 128 valence electrons. The predicted molar refractivity (Wildman–Crippen MR) is 84.8 cm³/mol. The Labute approximate surface area is 139 Å². The van der Waals surface area contributed by atoms with Gasteiger partial charge in [0.2, 0.25) is 12.7 Å². The van der Waals surface area contributed by atoms with E-state index in [1.807, 2.05) is 6.07 Å². The number of ether oxygens (including phenoxy) is 3. The van der Waals surface area contributed by atoms with E-state index in [1.165, 1.54) is 11.0 Å². The van der Waals surface area contributed by atoms with Gasteiger partial charge in [0, 0.05) is 25.3 Å². The maximum Gasteiger partial charge on any atom is 0.323 e. The summed E-state index contributed by atoms with van der Waals surface area (Å²) in [6.07, 6.45) is 4.35. The number of hydrogen-bond donors (Lipinski definition) is 1. The Morgan fingerprint density at radius 2 is 1.96 bits per heavy atom. The maximum atomic E-state index is 12.5. The average Bonchev–Trinajstić information content (AvgIpc) is 3.06. The van der Waals surface area contributed by atoms with Crippen LogP contribution in [0, 0.1) is 0 Å². The molecular formula is C17H19NO6. The first-order valence-corrected chi connectivity index (χ1v) is 7.81. The third kappa shape index (κ3) is 3.86. The van der Waals surface area contributed by atoms with Gasteiger partial charge in [-0.2, -0.15) is 0 Å². The van der Waals surface area contributed by atoms with Crippen LogP contribution in [0.2, 0.25) is 0 Å². The van der Waals surface area contributed by atoms with E-state index in [-0.39, 0.29) is 25.3 Å². The SMILES string of the molecule is O=C(O)CN(C(=O)C=Cc1ccc2c(c1)OCO2)C1CCOCC1. The van der Waals surface area contributed by atoms with Gasteiger partial charge < -0.3 is 24.2 Å². The van der Waals surface area contributed by atoms with Crippen molar-refractivity contribution in [3.63, 3.8) is 0 Å². The zero-order valence-corrected chi connectivity index (χ0v) is 13.1. The molecule has 1 N–H and O–H groups in total. The minimum atomic E-state index is -1.02. The van der Waals surface area contributed by atoms with Gasteiger partial charge in [-0.1, -0.05) is 6.07 Å². The molecule has 0 aromatic heterocycles. The van der Waals surface area contributed by atoms with E-state index >= 15 is 0 Å². The molecule has 1 aromatic rings. The summed E-state index contributed by atoms with van der Waals surface area (Å²) in [5.41, 5.74) is 0.787. The molecule has 0 atom stereocenters. The quantitative estimate of drug-likeness (QED) is 0.823. The molecule has 2 aliphatic heterocycles. The minimum Gasteiger partial charge on any atom is -0.480 e. The fourth-order valence-electron chi connectivity index (χ4n) is 2.81. The third-order valence-electron chi connectivity index (χ3n) is 4.04. The van der Waals surface area contributed by atoms with E-state index in [4.69, 9.17) is 19.3 Å². The molecule has 2 aliphatic rings. The normalized spacial score (nSPS) is 17.2. The van der Waals surface area contributed by atoms with Crippen LogP contribution in [0.4, 0.5) is 0 Å². The number of hydrogen-bond acceptors (Lipinski definition) is 5. The van der Waals surface area contributed by atoms with Crippen LogP contribution in [0.3, 0.4) is 0 Å². The average molecular weight is 333 g/mol. The number of carboxylic acid groups (broad SMARTS) is 1. The summed E-state index contributed by atoms with van der Waals surface area (Å²) in [5, 5.41) is 9.07. The summed E-state index contributed by atoms with van der Waals surface area (Å²) in [7, 11) is 0. The molecule has 1 amide bonds. The molecule has 3 rings (SSSR count). The highest BCUT2D eigenvalue weighted by Crippen LogP contribution is 2.32. The smallest absolute Gasteiger partial charge is 0.323 e.